The molecule has 0 spiro atoms. The molecule has 1 fully saturated rings. The van der Waals surface area contributed by atoms with E-state index in [9.17, 15) is 4.39 Å². The first-order valence-electron chi connectivity index (χ1n) is 6.12. The molecule has 0 N–H and O–H groups in total. The Morgan fingerprint density at radius 2 is 2.00 bits per heavy atom. The quantitative estimate of drug-likeness (QED) is 0.634. The van der Waals surface area contributed by atoms with Gasteiger partial charge in [0.25, 0.3) is 0 Å². The molecule has 0 radical (unpaired) electrons. The predicted octanol–water partition coefficient (Wildman–Crippen LogP) is 2.48. The maximum atomic E-state index is 11.9. The highest BCUT2D eigenvalue weighted by molar-refractivity contribution is 4.73. The number of hydrogen-bond donors (Lipinski definition) is 0. The molecular formula is C12H24FNO. The number of alkyl halides is 1. The minimum absolute atomic E-state index is 0.258. The van der Waals surface area contributed by atoms with Crippen LogP contribution >= 0.6 is 0 Å². The summed E-state index contributed by atoms with van der Waals surface area (Å²) < 4.78 is 17.5. The number of nitrogens with zero attached hydrogens (tertiary/aromatic N) is 1. The van der Waals surface area contributed by atoms with Gasteiger partial charge in [-0.2, -0.15) is 0 Å². The highest BCUT2D eigenvalue weighted by atomic mass is 19.1. The van der Waals surface area contributed by atoms with Crippen LogP contribution in [0.15, 0.2) is 0 Å². The minimum atomic E-state index is -0.258. The van der Waals surface area contributed by atoms with E-state index in [1.54, 1.807) is 0 Å². The van der Waals surface area contributed by atoms with Crippen LogP contribution in [-0.4, -0.2) is 43.9 Å². The zero-order valence-electron chi connectivity index (χ0n) is 10.0. The molecule has 90 valence electrons. The Morgan fingerprint density at radius 3 is 2.53 bits per heavy atom. The number of hydrogen-bond acceptors (Lipinski definition) is 2. The molecule has 0 amide bonds. The Hall–Kier alpha value is -0.150. The van der Waals surface area contributed by atoms with Crippen LogP contribution in [0.25, 0.3) is 0 Å². The third-order valence-corrected chi connectivity index (χ3v) is 2.79. The minimum Gasteiger partial charge on any atom is -0.378 e. The lowest BCUT2D eigenvalue weighted by molar-refractivity contribution is 0.00300. The third kappa shape index (κ3) is 5.47. The number of rotatable bonds is 6. The van der Waals surface area contributed by atoms with Gasteiger partial charge in [-0.15, -0.1) is 0 Å². The van der Waals surface area contributed by atoms with Gasteiger partial charge in [-0.1, -0.05) is 13.8 Å². The molecule has 15 heavy (non-hydrogen) atoms. The summed E-state index contributed by atoms with van der Waals surface area (Å²) in [4.78, 5) is 2.50. The van der Waals surface area contributed by atoms with Gasteiger partial charge in [-0.05, 0) is 25.2 Å². The molecule has 1 aliphatic rings. The molecule has 0 aromatic heterocycles. The van der Waals surface area contributed by atoms with E-state index in [2.05, 4.69) is 18.7 Å². The van der Waals surface area contributed by atoms with E-state index >= 15 is 0 Å². The smallest absolute Gasteiger partial charge is 0.0916 e. The second-order valence-corrected chi connectivity index (χ2v) is 4.81. The largest absolute Gasteiger partial charge is 0.378 e. The highest BCUT2D eigenvalue weighted by Gasteiger charge is 2.19. The molecule has 0 saturated carbocycles. The van der Waals surface area contributed by atoms with E-state index in [4.69, 9.17) is 4.74 Å². The summed E-state index contributed by atoms with van der Waals surface area (Å²) >= 11 is 0. The lowest BCUT2D eigenvalue weighted by Gasteiger charge is -2.32. The second kappa shape index (κ2) is 7.18. The summed E-state index contributed by atoms with van der Waals surface area (Å²) in [5, 5.41) is 0. The fourth-order valence-electron chi connectivity index (χ4n) is 2.08. The van der Waals surface area contributed by atoms with E-state index in [1.807, 2.05) is 0 Å². The van der Waals surface area contributed by atoms with Gasteiger partial charge in [0.15, 0.2) is 0 Å². The summed E-state index contributed by atoms with van der Waals surface area (Å²) in [6.07, 6.45) is 3.14. The molecule has 0 aliphatic carbocycles. The van der Waals surface area contributed by atoms with Crippen molar-refractivity contribution in [2.75, 3.05) is 32.9 Å². The van der Waals surface area contributed by atoms with Gasteiger partial charge < -0.3 is 9.64 Å². The molecule has 3 heteroatoms. The monoisotopic (exact) mass is 217 g/mol. The number of likely N-dealkylation sites (tertiary alicyclic amines) is 1. The van der Waals surface area contributed by atoms with Crippen LogP contribution in [-0.2, 0) is 4.74 Å². The van der Waals surface area contributed by atoms with Gasteiger partial charge in [0.2, 0.25) is 0 Å². The van der Waals surface area contributed by atoms with Crippen molar-refractivity contribution in [2.24, 2.45) is 5.92 Å². The Labute approximate surface area is 92.8 Å². The second-order valence-electron chi connectivity index (χ2n) is 4.81. The Kier molecular flexibility index (Phi) is 6.18. The average molecular weight is 217 g/mol. The zero-order chi connectivity index (χ0) is 11.1. The summed E-state index contributed by atoms with van der Waals surface area (Å²) in [5.74, 6) is 0.744. The van der Waals surface area contributed by atoms with Gasteiger partial charge in [-0.25, -0.2) is 0 Å². The van der Waals surface area contributed by atoms with Crippen LogP contribution < -0.4 is 0 Å². The third-order valence-electron chi connectivity index (χ3n) is 2.79. The molecule has 1 saturated heterocycles. The summed E-state index contributed by atoms with van der Waals surface area (Å²) in [6.45, 7) is 8.30. The number of piperidine rings is 1. The van der Waals surface area contributed by atoms with Crippen molar-refractivity contribution in [1.82, 2.24) is 4.90 Å². The maximum Gasteiger partial charge on any atom is 0.0916 e. The van der Waals surface area contributed by atoms with E-state index in [0.29, 0.717) is 19.1 Å². The lowest BCUT2D eigenvalue weighted by atomic mass is 10.1. The van der Waals surface area contributed by atoms with Crippen LogP contribution in [0.3, 0.4) is 0 Å². The fourth-order valence-corrected chi connectivity index (χ4v) is 2.08. The van der Waals surface area contributed by atoms with Crippen molar-refractivity contribution < 1.29 is 9.13 Å². The standard InChI is InChI=1S/C12H24FNO/c1-11(2)10-14-7-4-12(5-8-14)15-9-3-6-13/h11-12H,3-10H2,1-2H3. The maximum absolute atomic E-state index is 11.9. The van der Waals surface area contributed by atoms with Crippen LogP contribution in [0.1, 0.15) is 33.1 Å². The van der Waals surface area contributed by atoms with Crippen molar-refractivity contribution in [1.29, 1.82) is 0 Å². The highest BCUT2D eigenvalue weighted by Crippen LogP contribution is 2.15. The van der Waals surface area contributed by atoms with Crippen LogP contribution in [0.5, 0.6) is 0 Å². The van der Waals surface area contributed by atoms with Crippen LogP contribution in [0.2, 0.25) is 0 Å². The Balaban J connectivity index is 2.07. The molecule has 1 rings (SSSR count). The molecule has 2 nitrogen and oxygen atoms in total. The Bertz CT molecular complexity index is 156. The van der Waals surface area contributed by atoms with Gasteiger partial charge in [0.05, 0.1) is 12.8 Å². The number of ether oxygens (including phenoxy) is 1. The van der Waals surface area contributed by atoms with Crippen molar-refractivity contribution in [3.63, 3.8) is 0 Å². The zero-order valence-corrected chi connectivity index (χ0v) is 10.0. The van der Waals surface area contributed by atoms with Gasteiger partial charge in [-0.3, -0.25) is 4.39 Å². The molecule has 0 atom stereocenters. The van der Waals surface area contributed by atoms with E-state index in [0.717, 1.165) is 31.8 Å². The average Bonchev–Trinajstić information content (AvgIpc) is 2.20. The van der Waals surface area contributed by atoms with Gasteiger partial charge in [0, 0.05) is 26.2 Å². The van der Waals surface area contributed by atoms with Crippen molar-refractivity contribution in [2.45, 2.75) is 39.2 Å². The summed E-state index contributed by atoms with van der Waals surface area (Å²) in [5.41, 5.74) is 0. The first-order valence-corrected chi connectivity index (χ1v) is 6.12. The molecular weight excluding hydrogens is 193 g/mol. The van der Waals surface area contributed by atoms with Crippen molar-refractivity contribution >= 4 is 0 Å². The van der Waals surface area contributed by atoms with E-state index in [1.165, 1.54) is 6.54 Å². The molecule has 0 unspecified atom stereocenters. The topological polar surface area (TPSA) is 12.5 Å². The molecule has 1 heterocycles. The van der Waals surface area contributed by atoms with Gasteiger partial charge in [0.1, 0.15) is 0 Å². The van der Waals surface area contributed by atoms with E-state index in [-0.39, 0.29) is 6.67 Å². The predicted molar refractivity (Wildman–Crippen MR) is 60.8 cm³/mol. The van der Waals surface area contributed by atoms with Gasteiger partial charge >= 0.3 is 0 Å². The fraction of sp³-hybridized carbons (Fsp3) is 1.00. The first-order chi connectivity index (χ1) is 7.22. The van der Waals surface area contributed by atoms with Crippen LogP contribution in [0.4, 0.5) is 4.39 Å². The van der Waals surface area contributed by atoms with Crippen molar-refractivity contribution in [3.05, 3.63) is 0 Å². The summed E-state index contributed by atoms with van der Waals surface area (Å²) in [7, 11) is 0. The van der Waals surface area contributed by atoms with Crippen LogP contribution in [0, 0.1) is 5.92 Å². The molecule has 1 aliphatic heterocycles. The molecule has 0 aromatic carbocycles. The summed E-state index contributed by atoms with van der Waals surface area (Å²) in [6, 6.07) is 0. The normalized spacial score (nSPS) is 20.0. The van der Waals surface area contributed by atoms with Crippen molar-refractivity contribution in [3.8, 4) is 0 Å². The number of halogens is 1. The SMILES string of the molecule is CC(C)CN1CCC(OCCCF)CC1. The lowest BCUT2D eigenvalue weighted by Crippen LogP contribution is -2.39. The van der Waals surface area contributed by atoms with E-state index < -0.39 is 0 Å². The molecule has 0 aromatic rings. The Morgan fingerprint density at radius 1 is 1.33 bits per heavy atom. The molecule has 0 bridgehead atoms. The first kappa shape index (κ1) is 12.9.